The van der Waals surface area contributed by atoms with Gasteiger partial charge in [0.1, 0.15) is 23.8 Å². The van der Waals surface area contributed by atoms with E-state index in [0.717, 1.165) is 19.1 Å². The van der Waals surface area contributed by atoms with Crippen LogP contribution in [0.15, 0.2) is 0 Å². The molecule has 1 saturated heterocycles. The Bertz CT molecular complexity index is 630. The molecule has 0 radical (unpaired) electrons. The molecule has 1 aliphatic rings. The van der Waals surface area contributed by atoms with Crippen molar-refractivity contribution in [2.75, 3.05) is 13.2 Å². The number of ketones is 1. The number of carbonyl (C=O) groups excluding carboxylic acids is 4. The monoisotopic (exact) mass is 454 g/mol. The molecular formula is C25H42O7. The van der Waals surface area contributed by atoms with Gasteiger partial charge in [-0.15, -0.1) is 0 Å². The second-order valence-corrected chi connectivity index (χ2v) is 9.80. The summed E-state index contributed by atoms with van der Waals surface area (Å²) in [5, 5.41) is 0. The molecule has 0 N–H and O–H groups in total. The number of rotatable bonds is 13. The molecule has 0 saturated carbocycles. The molecule has 7 nitrogen and oxygen atoms in total. The van der Waals surface area contributed by atoms with E-state index in [2.05, 4.69) is 0 Å². The van der Waals surface area contributed by atoms with E-state index in [1.54, 1.807) is 0 Å². The van der Waals surface area contributed by atoms with Crippen LogP contribution in [0.1, 0.15) is 86.5 Å². The standard InChI is InChI=1S/C25H42O7/c1-17(2)22(15-26)14-23(29)18(3)8-7-12-25(6)24(32-20(5)28)10-9-21(16-31-25)11-13-30-19(4)27/h15,17-18,21-22,24H,7-14,16H2,1-6H3/t18?,21?,22?,24-,25+/m1/s1. The summed E-state index contributed by atoms with van der Waals surface area (Å²) in [6.07, 6.45) is 5.16. The van der Waals surface area contributed by atoms with Crippen molar-refractivity contribution < 1.29 is 33.4 Å². The summed E-state index contributed by atoms with van der Waals surface area (Å²) in [7, 11) is 0. The molecule has 0 aromatic rings. The van der Waals surface area contributed by atoms with Crippen LogP contribution >= 0.6 is 0 Å². The van der Waals surface area contributed by atoms with Crippen molar-refractivity contribution in [2.45, 2.75) is 98.2 Å². The summed E-state index contributed by atoms with van der Waals surface area (Å²) in [4.78, 5) is 46.5. The summed E-state index contributed by atoms with van der Waals surface area (Å²) >= 11 is 0. The zero-order chi connectivity index (χ0) is 24.3. The van der Waals surface area contributed by atoms with Crippen molar-refractivity contribution in [2.24, 2.45) is 23.7 Å². The molecule has 1 heterocycles. The lowest BCUT2D eigenvalue weighted by Crippen LogP contribution is -2.44. The fraction of sp³-hybridized carbons (Fsp3) is 0.840. The third-order valence-corrected chi connectivity index (χ3v) is 6.63. The molecule has 0 aromatic heterocycles. The van der Waals surface area contributed by atoms with Gasteiger partial charge in [0.15, 0.2) is 0 Å². The number of hydrogen-bond donors (Lipinski definition) is 0. The van der Waals surface area contributed by atoms with E-state index in [4.69, 9.17) is 14.2 Å². The van der Waals surface area contributed by atoms with Gasteiger partial charge in [0.2, 0.25) is 0 Å². The van der Waals surface area contributed by atoms with Crippen LogP contribution in [0.25, 0.3) is 0 Å². The SMILES string of the molecule is CC(=O)OCCC1CC[C@@H](OC(C)=O)[C@](C)(CCCC(C)C(=O)CC(C=O)C(C)C)OC1. The van der Waals surface area contributed by atoms with E-state index in [0.29, 0.717) is 38.9 Å². The van der Waals surface area contributed by atoms with Crippen LogP contribution in [0.5, 0.6) is 0 Å². The molecule has 1 rings (SSSR count). The first-order chi connectivity index (χ1) is 15.0. The van der Waals surface area contributed by atoms with Crippen molar-refractivity contribution in [1.29, 1.82) is 0 Å². The van der Waals surface area contributed by atoms with Crippen LogP contribution in [0.3, 0.4) is 0 Å². The number of Topliss-reactive ketones (excluding diaryl/α,β-unsaturated/α-hetero) is 1. The minimum atomic E-state index is -0.631. The maximum absolute atomic E-state index is 12.5. The Kier molecular flexibility index (Phi) is 12.1. The second kappa shape index (κ2) is 13.7. The predicted octanol–water partition coefficient (Wildman–Crippen LogP) is 4.29. The van der Waals surface area contributed by atoms with Gasteiger partial charge in [-0.2, -0.15) is 0 Å². The molecule has 184 valence electrons. The number of hydrogen-bond acceptors (Lipinski definition) is 7. The Hall–Kier alpha value is -1.76. The van der Waals surface area contributed by atoms with Crippen molar-refractivity contribution >= 4 is 24.0 Å². The van der Waals surface area contributed by atoms with E-state index in [-0.39, 0.29) is 53.9 Å². The summed E-state index contributed by atoms with van der Waals surface area (Å²) in [6, 6.07) is 0. The Morgan fingerprint density at radius 3 is 2.38 bits per heavy atom. The summed E-state index contributed by atoms with van der Waals surface area (Å²) in [5.74, 6) is -0.491. The Labute approximate surface area is 192 Å². The van der Waals surface area contributed by atoms with Crippen LogP contribution in [-0.2, 0) is 33.4 Å². The number of ether oxygens (including phenoxy) is 3. The van der Waals surface area contributed by atoms with E-state index in [1.807, 2.05) is 27.7 Å². The average Bonchev–Trinajstić information content (AvgIpc) is 2.85. The first-order valence-corrected chi connectivity index (χ1v) is 11.9. The molecule has 7 heteroatoms. The highest BCUT2D eigenvalue weighted by Gasteiger charge is 2.40. The van der Waals surface area contributed by atoms with Crippen LogP contribution in [0, 0.1) is 23.7 Å². The van der Waals surface area contributed by atoms with E-state index in [9.17, 15) is 19.2 Å². The van der Waals surface area contributed by atoms with Gasteiger partial charge in [-0.05, 0) is 57.3 Å². The van der Waals surface area contributed by atoms with Gasteiger partial charge < -0.3 is 19.0 Å². The minimum absolute atomic E-state index is 0.116. The van der Waals surface area contributed by atoms with E-state index < -0.39 is 5.60 Å². The molecule has 1 fully saturated rings. The fourth-order valence-corrected chi connectivity index (χ4v) is 4.19. The molecule has 0 bridgehead atoms. The average molecular weight is 455 g/mol. The van der Waals surface area contributed by atoms with Crippen molar-refractivity contribution in [3.8, 4) is 0 Å². The topological polar surface area (TPSA) is 96.0 Å². The first kappa shape index (κ1) is 28.3. The summed E-state index contributed by atoms with van der Waals surface area (Å²) in [5.41, 5.74) is -0.631. The lowest BCUT2D eigenvalue weighted by molar-refractivity contribution is -0.169. The Morgan fingerprint density at radius 2 is 1.81 bits per heavy atom. The second-order valence-electron chi connectivity index (χ2n) is 9.80. The Balaban J connectivity index is 2.66. The van der Waals surface area contributed by atoms with E-state index >= 15 is 0 Å². The first-order valence-electron chi connectivity index (χ1n) is 11.9. The van der Waals surface area contributed by atoms with Gasteiger partial charge in [-0.25, -0.2) is 0 Å². The highest BCUT2D eigenvalue weighted by atomic mass is 16.6. The van der Waals surface area contributed by atoms with Gasteiger partial charge in [0.25, 0.3) is 0 Å². The van der Waals surface area contributed by atoms with E-state index in [1.165, 1.54) is 13.8 Å². The highest BCUT2D eigenvalue weighted by molar-refractivity contribution is 5.83. The molecule has 5 atom stereocenters. The maximum Gasteiger partial charge on any atom is 0.303 e. The highest BCUT2D eigenvalue weighted by Crippen LogP contribution is 2.35. The number of carbonyl (C=O) groups is 4. The van der Waals surface area contributed by atoms with Crippen LogP contribution < -0.4 is 0 Å². The van der Waals surface area contributed by atoms with Crippen LogP contribution in [-0.4, -0.2) is 48.9 Å². The van der Waals surface area contributed by atoms with Gasteiger partial charge in [-0.1, -0.05) is 20.8 Å². The predicted molar refractivity (Wildman–Crippen MR) is 121 cm³/mol. The van der Waals surface area contributed by atoms with Gasteiger partial charge in [-0.3, -0.25) is 14.4 Å². The molecule has 0 amide bonds. The van der Waals surface area contributed by atoms with Crippen LogP contribution in [0.4, 0.5) is 0 Å². The number of aldehydes is 1. The normalized spacial score (nSPS) is 25.5. The lowest BCUT2D eigenvalue weighted by atomic mass is 9.84. The molecule has 1 aliphatic heterocycles. The third-order valence-electron chi connectivity index (χ3n) is 6.63. The zero-order valence-corrected chi connectivity index (χ0v) is 20.7. The molecule has 0 spiro atoms. The minimum Gasteiger partial charge on any atom is -0.466 e. The molecular weight excluding hydrogens is 412 g/mol. The number of esters is 2. The summed E-state index contributed by atoms with van der Waals surface area (Å²) in [6.45, 7) is 11.5. The van der Waals surface area contributed by atoms with Crippen molar-refractivity contribution in [3.05, 3.63) is 0 Å². The van der Waals surface area contributed by atoms with Gasteiger partial charge >= 0.3 is 11.9 Å². The van der Waals surface area contributed by atoms with Crippen molar-refractivity contribution in [1.82, 2.24) is 0 Å². The summed E-state index contributed by atoms with van der Waals surface area (Å²) < 4.78 is 17.0. The quantitative estimate of drug-likeness (QED) is 0.302. The lowest BCUT2D eigenvalue weighted by Gasteiger charge is -2.35. The molecule has 3 unspecified atom stereocenters. The zero-order valence-electron chi connectivity index (χ0n) is 20.7. The molecule has 0 aromatic carbocycles. The molecule has 0 aliphatic carbocycles. The van der Waals surface area contributed by atoms with Gasteiger partial charge in [0, 0.05) is 32.1 Å². The van der Waals surface area contributed by atoms with Crippen molar-refractivity contribution in [3.63, 3.8) is 0 Å². The molecule has 32 heavy (non-hydrogen) atoms. The smallest absolute Gasteiger partial charge is 0.303 e. The van der Waals surface area contributed by atoms with Crippen LogP contribution in [0.2, 0.25) is 0 Å². The Morgan fingerprint density at radius 1 is 1.12 bits per heavy atom. The third kappa shape index (κ3) is 9.80. The van der Waals surface area contributed by atoms with Gasteiger partial charge in [0.05, 0.1) is 13.2 Å². The fourth-order valence-electron chi connectivity index (χ4n) is 4.19. The maximum atomic E-state index is 12.5. The largest absolute Gasteiger partial charge is 0.466 e.